The summed E-state index contributed by atoms with van der Waals surface area (Å²) in [5.74, 6) is 2.18. The summed E-state index contributed by atoms with van der Waals surface area (Å²) in [5.41, 5.74) is 2.81. The lowest BCUT2D eigenvalue weighted by Crippen LogP contribution is -2.35. The molecule has 0 unspecified atom stereocenters. The Balaban J connectivity index is 1.57. The smallest absolute Gasteiger partial charge is 0.224 e. The van der Waals surface area contributed by atoms with Crippen LogP contribution in [0.2, 0.25) is 0 Å². The number of amides is 1. The lowest BCUT2D eigenvalue weighted by molar-refractivity contribution is -0.115. The van der Waals surface area contributed by atoms with E-state index in [-0.39, 0.29) is 5.91 Å². The van der Waals surface area contributed by atoms with Gasteiger partial charge in [-0.1, -0.05) is 6.92 Å². The number of H-pyrrole nitrogens is 1. The van der Waals surface area contributed by atoms with E-state index in [0.717, 1.165) is 53.6 Å². The molecule has 1 amide bonds. The number of hydrogen-bond acceptors (Lipinski definition) is 8. The van der Waals surface area contributed by atoms with E-state index in [1.807, 2.05) is 51.1 Å². The molecule has 4 rings (SSSR count). The highest BCUT2D eigenvalue weighted by molar-refractivity contribution is 7.99. The Morgan fingerprint density at radius 1 is 1.09 bits per heavy atom. The van der Waals surface area contributed by atoms with Crippen LogP contribution in [-0.4, -0.2) is 45.2 Å². The standard InChI is InChI=1S/C23H30N8OS/c1-4-22(32)26-17-5-6-18(14(2)11-17)33-23-28-19(25-16-7-9-24-10-8-16)13-20(29-23)27-21-12-15(3)30-31-21/h5-6,11-13,16,24H,4,7-10H2,1-3H3,(H,26,32)(H3,25,27,28,29,30,31). The van der Waals surface area contributed by atoms with Gasteiger partial charge in [0.1, 0.15) is 11.6 Å². The van der Waals surface area contributed by atoms with Crippen LogP contribution < -0.4 is 21.3 Å². The number of aryl methyl sites for hydroxylation is 2. The van der Waals surface area contributed by atoms with Crippen molar-refractivity contribution in [2.24, 2.45) is 0 Å². The predicted octanol–water partition coefficient (Wildman–Crippen LogP) is 4.22. The number of hydrogen-bond donors (Lipinski definition) is 5. The molecule has 174 valence electrons. The van der Waals surface area contributed by atoms with Gasteiger partial charge in [-0.05, 0) is 75.3 Å². The third-order valence-corrected chi connectivity index (χ3v) is 6.38. The molecule has 0 atom stereocenters. The molecule has 1 aliphatic heterocycles. The molecular formula is C23H30N8OS. The van der Waals surface area contributed by atoms with Crippen molar-refractivity contribution < 1.29 is 4.79 Å². The van der Waals surface area contributed by atoms with Gasteiger partial charge in [0, 0.05) is 40.9 Å². The highest BCUT2D eigenvalue weighted by atomic mass is 32.2. The van der Waals surface area contributed by atoms with Crippen LogP contribution in [0.15, 0.2) is 40.4 Å². The molecule has 2 aromatic heterocycles. The molecule has 9 nitrogen and oxygen atoms in total. The van der Waals surface area contributed by atoms with Gasteiger partial charge < -0.3 is 21.3 Å². The molecule has 33 heavy (non-hydrogen) atoms. The number of aromatic nitrogens is 4. The fourth-order valence-corrected chi connectivity index (χ4v) is 4.43. The van der Waals surface area contributed by atoms with Crippen molar-refractivity contribution in [2.45, 2.75) is 56.1 Å². The number of nitrogens with zero attached hydrogens (tertiary/aromatic N) is 3. The highest BCUT2D eigenvalue weighted by Gasteiger charge is 2.16. The average molecular weight is 467 g/mol. The molecule has 0 radical (unpaired) electrons. The average Bonchev–Trinajstić information content (AvgIpc) is 3.20. The molecule has 0 spiro atoms. The summed E-state index contributed by atoms with van der Waals surface area (Å²) in [6.45, 7) is 7.82. The SMILES string of the molecule is CCC(=O)Nc1ccc(Sc2nc(Nc3cc(C)[nH]n3)cc(NC3CCNCC3)n2)c(C)c1. The van der Waals surface area contributed by atoms with Crippen LogP contribution in [0.1, 0.15) is 37.4 Å². The zero-order valence-electron chi connectivity index (χ0n) is 19.2. The minimum Gasteiger partial charge on any atom is -0.367 e. The second-order valence-electron chi connectivity index (χ2n) is 8.13. The first-order valence-corrected chi connectivity index (χ1v) is 12.0. The molecule has 1 aromatic carbocycles. The summed E-state index contributed by atoms with van der Waals surface area (Å²) in [7, 11) is 0. The summed E-state index contributed by atoms with van der Waals surface area (Å²) in [4.78, 5) is 22.2. The number of rotatable bonds is 8. The summed E-state index contributed by atoms with van der Waals surface area (Å²) < 4.78 is 0. The maximum Gasteiger partial charge on any atom is 0.224 e. The molecule has 1 saturated heterocycles. The van der Waals surface area contributed by atoms with E-state index in [2.05, 4.69) is 31.5 Å². The van der Waals surface area contributed by atoms with Crippen molar-refractivity contribution in [2.75, 3.05) is 29.0 Å². The first-order valence-electron chi connectivity index (χ1n) is 11.2. The Labute approximate surface area is 198 Å². The van der Waals surface area contributed by atoms with E-state index >= 15 is 0 Å². The van der Waals surface area contributed by atoms with E-state index in [0.29, 0.717) is 29.3 Å². The first-order chi connectivity index (χ1) is 16.0. The Hall–Kier alpha value is -3.11. The summed E-state index contributed by atoms with van der Waals surface area (Å²) in [6.07, 6.45) is 2.56. The van der Waals surface area contributed by atoms with Gasteiger partial charge in [-0.15, -0.1) is 0 Å². The second-order valence-corrected chi connectivity index (χ2v) is 9.14. The quantitative estimate of drug-likeness (QED) is 0.313. The van der Waals surface area contributed by atoms with Crippen LogP contribution >= 0.6 is 11.8 Å². The topological polar surface area (TPSA) is 120 Å². The van der Waals surface area contributed by atoms with Crippen LogP contribution in [0.25, 0.3) is 0 Å². The molecule has 3 heterocycles. The summed E-state index contributed by atoms with van der Waals surface area (Å²) in [6, 6.07) is 10.1. The maximum absolute atomic E-state index is 11.7. The molecule has 3 aromatic rings. The largest absolute Gasteiger partial charge is 0.367 e. The molecule has 1 fully saturated rings. The Bertz CT molecular complexity index is 1110. The fraction of sp³-hybridized carbons (Fsp3) is 0.391. The van der Waals surface area contributed by atoms with Gasteiger partial charge in [-0.2, -0.15) is 5.10 Å². The summed E-state index contributed by atoms with van der Waals surface area (Å²) >= 11 is 1.50. The summed E-state index contributed by atoms with van der Waals surface area (Å²) in [5, 5.41) is 21.0. The van der Waals surface area contributed by atoms with Crippen molar-refractivity contribution >= 4 is 40.8 Å². The van der Waals surface area contributed by atoms with Gasteiger partial charge in [-0.3, -0.25) is 9.89 Å². The Kier molecular flexibility index (Phi) is 7.46. The number of piperidine rings is 1. The molecule has 5 N–H and O–H groups in total. The van der Waals surface area contributed by atoms with Crippen molar-refractivity contribution in [3.05, 3.63) is 41.6 Å². The van der Waals surface area contributed by atoms with Gasteiger partial charge in [0.2, 0.25) is 5.91 Å². The van der Waals surface area contributed by atoms with Crippen LogP contribution in [0.3, 0.4) is 0 Å². The minimum absolute atomic E-state index is 0.000793. The third kappa shape index (κ3) is 6.45. The molecule has 0 saturated carbocycles. The first kappa shape index (κ1) is 23.1. The lowest BCUT2D eigenvalue weighted by Gasteiger charge is -2.24. The van der Waals surface area contributed by atoms with E-state index in [1.54, 1.807) is 0 Å². The highest BCUT2D eigenvalue weighted by Crippen LogP contribution is 2.32. The monoisotopic (exact) mass is 466 g/mol. The van der Waals surface area contributed by atoms with Crippen molar-refractivity contribution in [1.29, 1.82) is 0 Å². The molecular weight excluding hydrogens is 436 g/mol. The van der Waals surface area contributed by atoms with Crippen LogP contribution in [0, 0.1) is 13.8 Å². The number of carbonyl (C=O) groups is 1. The van der Waals surface area contributed by atoms with E-state index in [4.69, 9.17) is 9.97 Å². The van der Waals surface area contributed by atoms with Gasteiger partial charge >= 0.3 is 0 Å². The Morgan fingerprint density at radius 3 is 2.58 bits per heavy atom. The minimum atomic E-state index is -0.000793. The predicted molar refractivity (Wildman–Crippen MR) is 132 cm³/mol. The molecule has 0 bridgehead atoms. The van der Waals surface area contributed by atoms with Crippen LogP contribution in [0.5, 0.6) is 0 Å². The third-order valence-electron chi connectivity index (χ3n) is 5.34. The van der Waals surface area contributed by atoms with E-state index < -0.39 is 0 Å². The van der Waals surface area contributed by atoms with Crippen LogP contribution in [-0.2, 0) is 4.79 Å². The van der Waals surface area contributed by atoms with Gasteiger partial charge in [-0.25, -0.2) is 9.97 Å². The number of benzene rings is 1. The Morgan fingerprint density at radius 2 is 1.88 bits per heavy atom. The van der Waals surface area contributed by atoms with Gasteiger partial charge in [0.25, 0.3) is 0 Å². The maximum atomic E-state index is 11.7. The van der Waals surface area contributed by atoms with Crippen molar-refractivity contribution in [3.8, 4) is 0 Å². The number of carbonyl (C=O) groups excluding carboxylic acids is 1. The zero-order valence-corrected chi connectivity index (χ0v) is 20.0. The number of anilines is 4. The second kappa shape index (κ2) is 10.7. The van der Waals surface area contributed by atoms with Crippen molar-refractivity contribution in [1.82, 2.24) is 25.5 Å². The van der Waals surface area contributed by atoms with Gasteiger partial charge in [0.05, 0.1) is 0 Å². The molecule has 1 aliphatic rings. The van der Waals surface area contributed by atoms with Crippen LogP contribution in [0.4, 0.5) is 23.1 Å². The number of aromatic amines is 1. The normalized spacial score (nSPS) is 14.2. The van der Waals surface area contributed by atoms with E-state index in [1.165, 1.54) is 11.8 Å². The fourth-order valence-electron chi connectivity index (χ4n) is 3.59. The van der Waals surface area contributed by atoms with Crippen molar-refractivity contribution in [3.63, 3.8) is 0 Å². The zero-order chi connectivity index (χ0) is 23.2. The molecule has 10 heteroatoms. The lowest BCUT2D eigenvalue weighted by atomic mass is 10.1. The van der Waals surface area contributed by atoms with E-state index in [9.17, 15) is 4.79 Å². The number of nitrogens with one attached hydrogen (secondary N) is 5. The van der Waals surface area contributed by atoms with Gasteiger partial charge in [0.15, 0.2) is 11.0 Å². The molecule has 0 aliphatic carbocycles.